The molecular formula is C102H84N16O6. The molecule has 0 saturated heterocycles. The van der Waals surface area contributed by atoms with Crippen molar-refractivity contribution in [3.8, 4) is 0 Å². The Kier molecular flexibility index (Phi) is 29.4. The number of nitrogens with one attached hydrogen (secondary N) is 8. The number of H-pyrrole nitrogens is 7. The predicted molar refractivity (Wildman–Crippen MR) is 499 cm³/mol. The highest BCUT2D eigenvalue weighted by molar-refractivity contribution is 6.10. The molecule has 3 aliphatic rings. The Labute approximate surface area is 710 Å². The Hall–Kier alpha value is -17.3. The lowest BCUT2D eigenvalue weighted by Crippen LogP contribution is -2.05. The number of rotatable bonds is 0. The number of ketones is 1. The van der Waals surface area contributed by atoms with Gasteiger partial charge in [0.25, 0.3) is 11.1 Å². The summed E-state index contributed by atoms with van der Waals surface area (Å²) in [6.07, 6.45) is 27.0. The van der Waals surface area contributed by atoms with Crippen LogP contribution in [0.5, 0.6) is 0 Å². The molecule has 26 rings (SSSR count). The van der Waals surface area contributed by atoms with Crippen LogP contribution in [-0.2, 0) is 12.8 Å². The van der Waals surface area contributed by atoms with Crippen LogP contribution in [0.3, 0.4) is 0 Å². The van der Waals surface area contributed by atoms with Crippen LogP contribution >= 0.6 is 0 Å². The Morgan fingerprint density at radius 1 is 0.347 bits per heavy atom. The van der Waals surface area contributed by atoms with Crippen molar-refractivity contribution in [1.29, 1.82) is 0 Å². The largest absolute Gasteiger partial charge is 0.443 e. The number of aliphatic imine (C=N–C) groups is 1. The van der Waals surface area contributed by atoms with Crippen LogP contribution in [0.25, 0.3) is 116 Å². The van der Waals surface area contributed by atoms with E-state index in [2.05, 4.69) is 196 Å². The van der Waals surface area contributed by atoms with Gasteiger partial charge < -0.3 is 48.5 Å². The molecule has 23 aromatic rings. The quantitative estimate of drug-likeness (QED) is 0.0700. The summed E-state index contributed by atoms with van der Waals surface area (Å²) in [5, 5.41) is 17.0. The Morgan fingerprint density at radius 3 is 1.36 bits per heavy atom. The molecule has 0 saturated carbocycles. The van der Waals surface area contributed by atoms with E-state index in [9.17, 15) is 14.4 Å². The van der Waals surface area contributed by atoms with Gasteiger partial charge in [-0.15, -0.1) is 0 Å². The second-order valence-electron chi connectivity index (χ2n) is 27.4. The molecule has 0 atom stereocenters. The molecule has 22 heteroatoms. The number of oxazole rings is 3. The van der Waals surface area contributed by atoms with Crippen molar-refractivity contribution in [2.45, 2.75) is 19.3 Å². The van der Waals surface area contributed by atoms with Gasteiger partial charge in [-0.2, -0.15) is 5.10 Å². The summed E-state index contributed by atoms with van der Waals surface area (Å²) < 4.78 is 15.0. The smallest absolute Gasteiger partial charge is 0.258 e. The number of allylic oxidation sites excluding steroid dienone is 2. The molecule has 8 N–H and O–H groups in total. The number of carbonyl (C=O) groups is 1. The summed E-state index contributed by atoms with van der Waals surface area (Å²) in [6, 6.07) is 106. The lowest BCUT2D eigenvalue weighted by molar-refractivity contribution is 0.100. The molecule has 2 aliphatic heterocycles. The molecule has 0 spiro atoms. The maximum Gasteiger partial charge on any atom is 0.258 e. The summed E-state index contributed by atoms with van der Waals surface area (Å²) >= 11 is 0. The molecule has 22 nitrogen and oxygen atoms in total. The zero-order valence-electron chi connectivity index (χ0n) is 67.1. The van der Waals surface area contributed by atoms with Crippen molar-refractivity contribution in [1.82, 2.24) is 70.0 Å². The van der Waals surface area contributed by atoms with Crippen molar-refractivity contribution in [3.05, 3.63) is 458 Å². The molecule has 11 aromatic heterocycles. The van der Waals surface area contributed by atoms with Gasteiger partial charge in [0.15, 0.2) is 47.4 Å². The third-order valence-electron chi connectivity index (χ3n) is 19.0. The van der Waals surface area contributed by atoms with Crippen molar-refractivity contribution in [3.63, 3.8) is 0 Å². The first-order chi connectivity index (χ1) is 61.2. The van der Waals surface area contributed by atoms with E-state index in [-0.39, 0.29) is 16.9 Å². The fourth-order valence-electron chi connectivity index (χ4n) is 12.8. The molecule has 13 heterocycles. The van der Waals surface area contributed by atoms with Crippen LogP contribution in [0, 0.1) is 0 Å². The number of carbonyl (C=O) groups excluding carboxylic acids is 1. The van der Waals surface area contributed by atoms with E-state index in [4.69, 9.17) is 13.3 Å². The van der Waals surface area contributed by atoms with Crippen LogP contribution in [0.15, 0.2) is 443 Å². The van der Waals surface area contributed by atoms with Gasteiger partial charge in [0, 0.05) is 94.3 Å². The maximum atomic E-state index is 11.2. The van der Waals surface area contributed by atoms with Crippen molar-refractivity contribution in [2.75, 3.05) is 5.32 Å². The van der Waals surface area contributed by atoms with E-state index < -0.39 is 0 Å². The third kappa shape index (κ3) is 23.8. The summed E-state index contributed by atoms with van der Waals surface area (Å²) in [5.41, 5.74) is 20.5. The number of aromatic nitrogens is 14. The van der Waals surface area contributed by atoms with E-state index in [1.807, 2.05) is 243 Å². The number of para-hydroxylation sites is 14. The lowest BCUT2D eigenvalue weighted by atomic mass is 10.0. The molecule has 0 unspecified atom stereocenters. The van der Waals surface area contributed by atoms with Gasteiger partial charge in [-0.1, -0.05) is 207 Å². The van der Waals surface area contributed by atoms with Gasteiger partial charge >= 0.3 is 0 Å². The number of hydrogen-bond acceptors (Lipinski definition) is 15. The van der Waals surface area contributed by atoms with Crippen LogP contribution in [0.1, 0.15) is 33.5 Å². The molecule has 608 valence electrons. The number of imidazole rings is 1. The van der Waals surface area contributed by atoms with E-state index in [0.717, 1.165) is 101 Å². The predicted octanol–water partition coefficient (Wildman–Crippen LogP) is 23.4. The average Bonchev–Trinajstić information content (AvgIpc) is 1.30. The monoisotopic (exact) mass is 1630 g/mol. The highest BCUT2D eigenvalue weighted by Gasteiger charge is 2.13. The van der Waals surface area contributed by atoms with Gasteiger partial charge in [0.2, 0.25) is 0 Å². The SMILES string of the molecule is C1=Cc2ccccc2C1.C=C1Cc2ccccc2N1.O=C1CC=Nc2ccccc21.O=c1[nH]ccc2ccccc12.O=c1[nH]cnc2ccccc12.c1ccc2[nH]ccc2c1.c1ccc2[nH]ccc2c1.c1ccc2[nH]ccc2c1.c1ccc2[nH]cnc2c1.c1ccc2ocnc2c1.c1ccc2ocnc2c1.c1ccc2ocnc2c1.c1cnc2[nH]ncc2c1. The standard InChI is InChI=1S/2C9H7NO.C9H9N.C9H8.C8H6N2O.3C8H7N.C7H6N2.3C7H5NO.C6H5N3/c11-9-5-6-10-8-4-2-1-3-7(8)9;11-9-8-4-2-1-3-7(8)5-6-10-9;1-7-6-8-4-2-3-5-9(8)10-7;1-2-5-9-7-3-6-8(9)4-1;11-8-6-3-1-2-4-7(6)9-5-10-8;3*1-2-4-8-7(3-1)5-6-9-8;4*1-2-4-7-6(3-1)8-5-9-7;1-2-5-4-8-9-6(5)7-3-1/h1-4,6H,5H2;1-6H,(H,10,11);2-5,10H,1,6H2;1-6H,7H2;1-5H,(H,9,10,11);3*1-6,9H;1-5H,(H,8,9);3*1-5H;1-4H,(H,7,8,9). The summed E-state index contributed by atoms with van der Waals surface area (Å²) in [5.74, 6) is 0.163. The number of anilines is 1. The highest BCUT2D eigenvalue weighted by Crippen LogP contribution is 2.27. The molecule has 124 heavy (non-hydrogen) atoms. The molecule has 0 bridgehead atoms. The number of Topliss-reactive ketones (excluding diaryl/α,β-unsaturated/α-hetero) is 1. The number of nitrogens with zero attached hydrogens (tertiary/aromatic N) is 8. The lowest BCUT2D eigenvalue weighted by Gasteiger charge is -2.06. The van der Waals surface area contributed by atoms with Crippen molar-refractivity contribution in [2.24, 2.45) is 4.99 Å². The van der Waals surface area contributed by atoms with E-state index in [1.165, 1.54) is 80.6 Å². The first-order valence-electron chi connectivity index (χ1n) is 39.6. The topological polar surface area (TPSA) is 316 Å². The summed E-state index contributed by atoms with van der Waals surface area (Å²) in [6.45, 7) is 3.86. The van der Waals surface area contributed by atoms with Crippen molar-refractivity contribution >= 4 is 139 Å². The minimum absolute atomic E-state index is 0.0249. The summed E-state index contributed by atoms with van der Waals surface area (Å²) in [7, 11) is 0. The van der Waals surface area contributed by atoms with Gasteiger partial charge in [0.1, 0.15) is 16.6 Å². The van der Waals surface area contributed by atoms with Crippen LogP contribution in [0.4, 0.5) is 11.4 Å². The molecule has 0 amide bonds. The Morgan fingerprint density at radius 2 is 0.806 bits per heavy atom. The number of benzene rings is 12. The third-order valence-corrected chi connectivity index (χ3v) is 19.0. The van der Waals surface area contributed by atoms with Gasteiger partial charge in [-0.3, -0.25) is 24.5 Å². The Bertz CT molecular complexity index is 6310. The van der Waals surface area contributed by atoms with Crippen LogP contribution < -0.4 is 16.4 Å². The second kappa shape index (κ2) is 43.8. The molecular weight excluding hydrogens is 1550 g/mol. The van der Waals surface area contributed by atoms with Gasteiger partial charge in [-0.25, -0.2) is 29.9 Å². The molecule has 0 radical (unpaired) electrons. The number of hydrogen-bond donors (Lipinski definition) is 8. The normalized spacial score (nSPS) is 11.2. The number of aromatic amines is 7. The van der Waals surface area contributed by atoms with Crippen LogP contribution in [0.2, 0.25) is 0 Å². The number of fused-ring (bicyclic) bond motifs is 13. The first kappa shape index (κ1) is 83.2. The van der Waals surface area contributed by atoms with Gasteiger partial charge in [-0.05, 0) is 184 Å². The highest BCUT2D eigenvalue weighted by atomic mass is 16.3. The molecule has 12 aromatic carbocycles. The zero-order valence-corrected chi connectivity index (χ0v) is 67.1. The minimum Gasteiger partial charge on any atom is -0.443 e. The molecule has 1 aliphatic carbocycles. The maximum absolute atomic E-state index is 11.2. The second-order valence-corrected chi connectivity index (χ2v) is 27.4. The van der Waals surface area contributed by atoms with E-state index in [0.29, 0.717) is 11.8 Å². The Balaban J connectivity index is 0.000000109. The minimum atomic E-state index is -0.0874. The fourth-order valence-corrected chi connectivity index (χ4v) is 12.8. The van der Waals surface area contributed by atoms with Crippen molar-refractivity contribution < 1.29 is 18.0 Å². The van der Waals surface area contributed by atoms with E-state index in [1.54, 1.807) is 37.2 Å². The molecule has 0 fully saturated rings. The number of pyridine rings is 2. The zero-order chi connectivity index (χ0) is 85.0. The van der Waals surface area contributed by atoms with E-state index >= 15 is 0 Å². The fraction of sp³-hybridized carbons (Fsp3) is 0.0294. The first-order valence-corrected chi connectivity index (χ1v) is 39.6. The average molecular weight is 1630 g/mol. The van der Waals surface area contributed by atoms with Crippen LogP contribution in [-0.4, -0.2) is 82.0 Å². The summed E-state index contributed by atoms with van der Waals surface area (Å²) in [4.78, 5) is 78.9. The van der Waals surface area contributed by atoms with Gasteiger partial charge in [0.05, 0.1) is 46.5 Å².